The lowest BCUT2D eigenvalue weighted by Crippen LogP contribution is -2.46. The number of piperazine rings is 1. The zero-order chi connectivity index (χ0) is 26.8. The third-order valence-electron chi connectivity index (χ3n) is 6.90. The minimum absolute atomic E-state index is 0.0327. The number of pyridine rings is 1. The average Bonchev–Trinajstić information content (AvgIpc) is 2.88. The number of hydrogen-bond donors (Lipinski definition) is 1. The summed E-state index contributed by atoms with van der Waals surface area (Å²) in [5.41, 5.74) is 0.635. The van der Waals surface area contributed by atoms with Gasteiger partial charge < -0.3 is 10.2 Å². The fraction of sp³-hybridized carbons (Fsp3) is 0.786. The van der Waals surface area contributed by atoms with E-state index in [9.17, 15) is 13.2 Å². The van der Waals surface area contributed by atoms with E-state index < -0.39 is 10.1 Å². The van der Waals surface area contributed by atoms with Gasteiger partial charge in [-0.05, 0) is 37.9 Å². The second-order valence-corrected chi connectivity index (χ2v) is 11.9. The highest BCUT2D eigenvalue weighted by atomic mass is 32.2. The Labute approximate surface area is 225 Å². The predicted molar refractivity (Wildman–Crippen MR) is 152 cm³/mol. The van der Waals surface area contributed by atoms with Gasteiger partial charge in [0.1, 0.15) is 5.82 Å². The Morgan fingerprint density at radius 2 is 1.46 bits per heavy atom. The molecular weight excluding hydrogens is 488 g/mol. The summed E-state index contributed by atoms with van der Waals surface area (Å²) in [4.78, 5) is 21.8. The van der Waals surface area contributed by atoms with Crippen LogP contribution in [0.25, 0.3) is 0 Å². The number of nitrogens with zero attached hydrogens (tertiary/aromatic N) is 3. The van der Waals surface area contributed by atoms with Crippen LogP contribution < -0.4 is 10.2 Å². The van der Waals surface area contributed by atoms with E-state index >= 15 is 0 Å². The summed E-state index contributed by atoms with van der Waals surface area (Å²) >= 11 is 0. The first-order valence-electron chi connectivity index (χ1n) is 14.4. The van der Waals surface area contributed by atoms with E-state index in [4.69, 9.17) is 4.18 Å². The highest BCUT2D eigenvalue weighted by Crippen LogP contribution is 2.15. The highest BCUT2D eigenvalue weighted by Gasteiger charge is 2.17. The lowest BCUT2D eigenvalue weighted by Gasteiger charge is -2.35. The molecule has 8 nitrogen and oxygen atoms in total. The summed E-state index contributed by atoms with van der Waals surface area (Å²) in [5.74, 6) is 0.930. The van der Waals surface area contributed by atoms with Gasteiger partial charge in [0.25, 0.3) is 16.0 Å². The first kappa shape index (κ1) is 31.5. The molecule has 37 heavy (non-hydrogen) atoms. The molecule has 1 saturated heterocycles. The number of anilines is 1. The maximum atomic E-state index is 12.4. The number of rotatable bonds is 20. The fourth-order valence-electron chi connectivity index (χ4n) is 4.73. The Morgan fingerprint density at radius 1 is 0.892 bits per heavy atom. The second-order valence-electron chi connectivity index (χ2n) is 10.3. The van der Waals surface area contributed by atoms with Crippen LogP contribution in [-0.2, 0) is 14.3 Å². The molecule has 0 bridgehead atoms. The van der Waals surface area contributed by atoms with E-state index in [-0.39, 0.29) is 5.91 Å². The maximum Gasteiger partial charge on any atom is 0.264 e. The lowest BCUT2D eigenvalue weighted by atomic mass is 10.1. The van der Waals surface area contributed by atoms with Gasteiger partial charge in [-0.3, -0.25) is 13.9 Å². The summed E-state index contributed by atoms with van der Waals surface area (Å²) in [7, 11) is -3.29. The third kappa shape index (κ3) is 14.7. The van der Waals surface area contributed by atoms with Crippen LogP contribution in [0.2, 0.25) is 0 Å². The summed E-state index contributed by atoms with van der Waals surface area (Å²) in [6.07, 6.45) is 17.9. The van der Waals surface area contributed by atoms with Gasteiger partial charge >= 0.3 is 0 Å². The number of amides is 1. The molecule has 1 aromatic heterocycles. The Morgan fingerprint density at radius 3 is 1.97 bits per heavy atom. The van der Waals surface area contributed by atoms with Gasteiger partial charge in [-0.1, -0.05) is 71.1 Å². The number of carbonyl (C=O) groups is 1. The Balaban J connectivity index is 1.40. The van der Waals surface area contributed by atoms with Crippen LogP contribution in [-0.4, -0.2) is 76.3 Å². The van der Waals surface area contributed by atoms with Crippen LogP contribution in [0.3, 0.4) is 0 Å². The molecule has 1 aromatic rings. The first-order chi connectivity index (χ1) is 17.9. The second kappa shape index (κ2) is 18.5. The van der Waals surface area contributed by atoms with Gasteiger partial charge in [0.05, 0.1) is 18.4 Å². The van der Waals surface area contributed by atoms with Gasteiger partial charge in [-0.15, -0.1) is 0 Å². The quantitative estimate of drug-likeness (QED) is 0.184. The van der Waals surface area contributed by atoms with Crippen molar-refractivity contribution in [3.63, 3.8) is 0 Å². The zero-order valence-electron chi connectivity index (χ0n) is 23.3. The van der Waals surface area contributed by atoms with Crippen molar-refractivity contribution in [3.8, 4) is 0 Å². The summed E-state index contributed by atoms with van der Waals surface area (Å²) < 4.78 is 26.5. The Bertz CT molecular complexity index is 840. The van der Waals surface area contributed by atoms with Crippen molar-refractivity contribution in [1.82, 2.24) is 15.2 Å². The van der Waals surface area contributed by atoms with Crippen LogP contribution in [0.1, 0.15) is 101 Å². The molecule has 2 rings (SSSR count). The molecule has 9 heteroatoms. The number of hydrogen-bond acceptors (Lipinski definition) is 7. The number of aromatic nitrogens is 1. The topological polar surface area (TPSA) is 91.8 Å². The minimum atomic E-state index is -3.29. The third-order valence-corrected chi connectivity index (χ3v) is 7.50. The lowest BCUT2D eigenvalue weighted by molar-refractivity contribution is 0.0952. The normalized spacial score (nSPS) is 14.7. The molecule has 1 N–H and O–H groups in total. The molecule has 0 aromatic carbocycles. The molecule has 0 atom stereocenters. The monoisotopic (exact) mass is 538 g/mol. The Kier molecular flexibility index (Phi) is 15.8. The Hall–Kier alpha value is -1.71. The smallest absolute Gasteiger partial charge is 0.264 e. The van der Waals surface area contributed by atoms with Crippen molar-refractivity contribution in [2.24, 2.45) is 0 Å². The molecular formula is C28H50N4O4S. The first-order valence-corrected chi connectivity index (χ1v) is 16.3. The average molecular weight is 539 g/mol. The van der Waals surface area contributed by atoms with Gasteiger partial charge in [0, 0.05) is 38.9 Å². The van der Waals surface area contributed by atoms with Crippen molar-refractivity contribution in [1.29, 1.82) is 0 Å². The van der Waals surface area contributed by atoms with Crippen molar-refractivity contribution < 1.29 is 17.4 Å². The van der Waals surface area contributed by atoms with E-state index in [1.54, 1.807) is 6.20 Å². The summed E-state index contributed by atoms with van der Waals surface area (Å²) in [6, 6.07) is 3.87. The molecule has 0 aliphatic carbocycles. The molecule has 0 radical (unpaired) electrons. The van der Waals surface area contributed by atoms with Gasteiger partial charge in [0.15, 0.2) is 0 Å². The van der Waals surface area contributed by atoms with Crippen LogP contribution in [0.4, 0.5) is 5.82 Å². The van der Waals surface area contributed by atoms with Gasteiger partial charge in [-0.25, -0.2) is 4.98 Å². The van der Waals surface area contributed by atoms with Crippen LogP contribution in [0.5, 0.6) is 0 Å². The molecule has 2 heterocycles. The van der Waals surface area contributed by atoms with E-state index in [0.717, 1.165) is 83.4 Å². The van der Waals surface area contributed by atoms with Crippen molar-refractivity contribution in [3.05, 3.63) is 23.9 Å². The van der Waals surface area contributed by atoms with E-state index in [1.807, 2.05) is 12.1 Å². The van der Waals surface area contributed by atoms with Crippen molar-refractivity contribution in [2.45, 2.75) is 90.4 Å². The summed E-state index contributed by atoms with van der Waals surface area (Å²) in [6.45, 7) is 8.55. The number of carbonyl (C=O) groups excluding carboxylic acids is 1. The number of unbranched alkanes of at least 4 members (excludes halogenated alkanes) is 11. The molecule has 1 fully saturated rings. The van der Waals surface area contributed by atoms with E-state index in [2.05, 4.69) is 27.0 Å². The fourth-order valence-corrected chi connectivity index (χ4v) is 5.15. The molecule has 1 aliphatic rings. The van der Waals surface area contributed by atoms with E-state index in [1.165, 1.54) is 51.4 Å². The van der Waals surface area contributed by atoms with E-state index in [0.29, 0.717) is 12.2 Å². The molecule has 212 valence electrons. The molecule has 0 unspecified atom stereocenters. The minimum Gasteiger partial charge on any atom is -0.354 e. The predicted octanol–water partition coefficient (Wildman–Crippen LogP) is 5.00. The van der Waals surface area contributed by atoms with Crippen molar-refractivity contribution >= 4 is 21.8 Å². The van der Waals surface area contributed by atoms with Crippen LogP contribution >= 0.6 is 0 Å². The SMILES string of the molecule is CCCN1CCN(c2ccc(C(=O)NCCCCCCCCCCCCCCOS(C)(=O)=O)cn2)CC1. The largest absolute Gasteiger partial charge is 0.354 e. The standard InChI is InChI=1S/C28H50N4O4S/c1-3-19-31-20-22-32(23-21-31)27-17-16-26(25-30-27)28(33)29-18-14-12-10-8-6-4-5-7-9-11-13-15-24-36-37(2,34)35/h16-17,25H,3-15,18-24H2,1-2H3,(H,29,33). The molecule has 1 amide bonds. The molecule has 0 spiro atoms. The van der Waals surface area contributed by atoms with Crippen LogP contribution in [0.15, 0.2) is 18.3 Å². The number of nitrogens with one attached hydrogen (secondary N) is 1. The zero-order valence-corrected chi connectivity index (χ0v) is 24.1. The van der Waals surface area contributed by atoms with Gasteiger partial charge in [0.2, 0.25) is 0 Å². The van der Waals surface area contributed by atoms with Gasteiger partial charge in [-0.2, -0.15) is 8.42 Å². The molecule has 0 saturated carbocycles. The summed E-state index contributed by atoms with van der Waals surface area (Å²) in [5, 5.41) is 3.03. The highest BCUT2D eigenvalue weighted by molar-refractivity contribution is 7.85. The maximum absolute atomic E-state index is 12.4. The van der Waals surface area contributed by atoms with Crippen molar-refractivity contribution in [2.75, 3.05) is 57.0 Å². The van der Waals surface area contributed by atoms with Crippen LogP contribution in [0, 0.1) is 0 Å². The molecule has 1 aliphatic heterocycles.